The van der Waals surface area contributed by atoms with Crippen LogP contribution in [0.15, 0.2) is 48.5 Å². The highest BCUT2D eigenvalue weighted by molar-refractivity contribution is 5.35. The summed E-state index contributed by atoms with van der Waals surface area (Å²) in [6.07, 6.45) is 2.11. The summed E-state index contributed by atoms with van der Waals surface area (Å²) in [6.45, 7) is 2.55. The minimum atomic E-state index is 0.283. The van der Waals surface area contributed by atoms with Gasteiger partial charge in [0.15, 0.2) is 0 Å². The summed E-state index contributed by atoms with van der Waals surface area (Å²) in [5.74, 6) is 1.19. The van der Waals surface area contributed by atoms with Crippen molar-refractivity contribution in [2.75, 3.05) is 0 Å². The summed E-state index contributed by atoms with van der Waals surface area (Å²) >= 11 is 0. The lowest BCUT2D eigenvalue weighted by molar-refractivity contribution is 0.296. The van der Waals surface area contributed by atoms with E-state index in [4.69, 9.17) is 4.74 Å². The second kappa shape index (κ2) is 6.10. The molecule has 0 saturated heterocycles. The molecule has 2 nitrogen and oxygen atoms in total. The number of para-hydroxylation sites is 2. The predicted octanol–water partition coefficient (Wildman–Crippen LogP) is 3.92. The van der Waals surface area contributed by atoms with E-state index in [0.717, 1.165) is 24.2 Å². The third kappa shape index (κ3) is 3.04. The van der Waals surface area contributed by atoms with Crippen LogP contribution in [0.2, 0.25) is 0 Å². The first-order chi connectivity index (χ1) is 8.81. The van der Waals surface area contributed by atoms with E-state index in [-0.39, 0.29) is 5.75 Å². The number of hydrogen-bond donors (Lipinski definition) is 1. The molecule has 0 aliphatic heterocycles. The third-order valence-electron chi connectivity index (χ3n) is 2.87. The quantitative estimate of drug-likeness (QED) is 0.861. The van der Waals surface area contributed by atoms with Crippen LogP contribution in [0.3, 0.4) is 0 Å². The van der Waals surface area contributed by atoms with Crippen LogP contribution in [0.4, 0.5) is 0 Å². The number of hydrogen-bond acceptors (Lipinski definition) is 2. The number of benzene rings is 2. The fourth-order valence-electron chi connectivity index (χ4n) is 1.91. The summed E-state index contributed by atoms with van der Waals surface area (Å²) in [5, 5.41) is 9.68. The fourth-order valence-corrected chi connectivity index (χ4v) is 1.91. The fraction of sp³-hybridized carbons (Fsp3) is 0.250. The highest BCUT2D eigenvalue weighted by atomic mass is 16.5. The SMILES string of the molecule is CCCc1ccccc1OCc1ccccc1O. The van der Waals surface area contributed by atoms with Gasteiger partial charge in [-0.3, -0.25) is 0 Å². The van der Waals surface area contributed by atoms with Gasteiger partial charge in [-0.05, 0) is 24.1 Å². The van der Waals surface area contributed by atoms with Crippen LogP contribution in [0.5, 0.6) is 11.5 Å². The zero-order chi connectivity index (χ0) is 12.8. The molecule has 2 heteroatoms. The van der Waals surface area contributed by atoms with E-state index >= 15 is 0 Å². The Hall–Kier alpha value is -1.96. The molecular weight excluding hydrogens is 224 g/mol. The maximum Gasteiger partial charge on any atom is 0.122 e. The Kier molecular flexibility index (Phi) is 4.24. The lowest BCUT2D eigenvalue weighted by Crippen LogP contribution is -1.98. The molecule has 0 radical (unpaired) electrons. The standard InChI is InChI=1S/C16H18O2/c1-2-7-13-8-4-6-11-16(13)18-12-14-9-3-5-10-15(14)17/h3-6,8-11,17H,2,7,12H2,1H3. The molecule has 1 N–H and O–H groups in total. The Morgan fingerprint density at radius 2 is 1.61 bits per heavy atom. The smallest absolute Gasteiger partial charge is 0.122 e. The normalized spacial score (nSPS) is 10.3. The molecule has 2 aromatic carbocycles. The van der Waals surface area contributed by atoms with E-state index in [1.54, 1.807) is 6.07 Å². The molecule has 0 atom stereocenters. The molecule has 0 heterocycles. The molecular formula is C16H18O2. The van der Waals surface area contributed by atoms with Gasteiger partial charge in [-0.2, -0.15) is 0 Å². The van der Waals surface area contributed by atoms with Crippen LogP contribution in [0.1, 0.15) is 24.5 Å². The molecule has 0 aromatic heterocycles. The van der Waals surface area contributed by atoms with E-state index in [2.05, 4.69) is 13.0 Å². The predicted molar refractivity (Wildman–Crippen MR) is 72.9 cm³/mol. The molecule has 2 rings (SSSR count). The largest absolute Gasteiger partial charge is 0.508 e. The monoisotopic (exact) mass is 242 g/mol. The van der Waals surface area contributed by atoms with Gasteiger partial charge in [0, 0.05) is 5.56 Å². The first kappa shape index (κ1) is 12.5. The summed E-state index contributed by atoms with van der Waals surface area (Å²) in [6, 6.07) is 15.3. The Balaban J connectivity index is 2.08. The van der Waals surface area contributed by atoms with E-state index in [9.17, 15) is 5.11 Å². The van der Waals surface area contributed by atoms with Crippen LogP contribution < -0.4 is 4.74 Å². The third-order valence-corrected chi connectivity index (χ3v) is 2.87. The van der Waals surface area contributed by atoms with Gasteiger partial charge in [0.05, 0.1) is 0 Å². The number of rotatable bonds is 5. The first-order valence-corrected chi connectivity index (χ1v) is 6.29. The van der Waals surface area contributed by atoms with Crippen molar-refractivity contribution in [1.82, 2.24) is 0 Å². The van der Waals surface area contributed by atoms with Gasteiger partial charge < -0.3 is 9.84 Å². The van der Waals surface area contributed by atoms with Crippen LogP contribution >= 0.6 is 0 Å². The molecule has 0 spiro atoms. The number of ether oxygens (including phenoxy) is 1. The van der Waals surface area contributed by atoms with Gasteiger partial charge in [-0.15, -0.1) is 0 Å². The van der Waals surface area contributed by atoms with Crippen molar-refractivity contribution in [3.63, 3.8) is 0 Å². The summed E-state index contributed by atoms with van der Waals surface area (Å²) in [5.41, 5.74) is 2.03. The van der Waals surface area contributed by atoms with Crippen LogP contribution in [0, 0.1) is 0 Å². The lowest BCUT2D eigenvalue weighted by Gasteiger charge is -2.11. The number of phenols is 1. The Morgan fingerprint density at radius 1 is 0.944 bits per heavy atom. The van der Waals surface area contributed by atoms with Crippen molar-refractivity contribution < 1.29 is 9.84 Å². The van der Waals surface area contributed by atoms with Crippen molar-refractivity contribution in [1.29, 1.82) is 0 Å². The molecule has 0 aliphatic rings. The number of aromatic hydroxyl groups is 1. The van der Waals surface area contributed by atoms with E-state index in [0.29, 0.717) is 6.61 Å². The zero-order valence-corrected chi connectivity index (χ0v) is 10.6. The van der Waals surface area contributed by atoms with Crippen molar-refractivity contribution in [2.45, 2.75) is 26.4 Å². The van der Waals surface area contributed by atoms with Crippen LogP contribution in [-0.4, -0.2) is 5.11 Å². The van der Waals surface area contributed by atoms with E-state index in [1.165, 1.54) is 5.56 Å². The van der Waals surface area contributed by atoms with Gasteiger partial charge in [-0.1, -0.05) is 49.7 Å². The Morgan fingerprint density at radius 3 is 2.33 bits per heavy atom. The zero-order valence-electron chi connectivity index (χ0n) is 10.6. The molecule has 0 bridgehead atoms. The summed E-state index contributed by atoms with van der Waals surface area (Å²) in [7, 11) is 0. The topological polar surface area (TPSA) is 29.5 Å². The summed E-state index contributed by atoms with van der Waals surface area (Å²) in [4.78, 5) is 0. The van der Waals surface area contributed by atoms with Crippen molar-refractivity contribution >= 4 is 0 Å². The van der Waals surface area contributed by atoms with Crippen molar-refractivity contribution in [2.24, 2.45) is 0 Å². The van der Waals surface area contributed by atoms with Gasteiger partial charge in [0.1, 0.15) is 18.1 Å². The molecule has 0 amide bonds. The molecule has 0 unspecified atom stereocenters. The van der Waals surface area contributed by atoms with Gasteiger partial charge in [-0.25, -0.2) is 0 Å². The highest BCUT2D eigenvalue weighted by Gasteiger charge is 2.04. The highest BCUT2D eigenvalue weighted by Crippen LogP contribution is 2.23. The molecule has 0 aliphatic carbocycles. The van der Waals surface area contributed by atoms with Gasteiger partial charge in [0.2, 0.25) is 0 Å². The van der Waals surface area contributed by atoms with Gasteiger partial charge >= 0.3 is 0 Å². The van der Waals surface area contributed by atoms with E-state index in [1.807, 2.05) is 36.4 Å². The first-order valence-electron chi connectivity index (χ1n) is 6.29. The minimum absolute atomic E-state index is 0.283. The maximum atomic E-state index is 9.68. The average molecular weight is 242 g/mol. The lowest BCUT2D eigenvalue weighted by atomic mass is 10.1. The van der Waals surface area contributed by atoms with Crippen LogP contribution in [0.25, 0.3) is 0 Å². The van der Waals surface area contributed by atoms with E-state index < -0.39 is 0 Å². The number of phenolic OH excluding ortho intramolecular Hbond substituents is 1. The molecule has 94 valence electrons. The van der Waals surface area contributed by atoms with Gasteiger partial charge in [0.25, 0.3) is 0 Å². The minimum Gasteiger partial charge on any atom is -0.508 e. The average Bonchev–Trinajstić information content (AvgIpc) is 2.40. The second-order valence-electron chi connectivity index (χ2n) is 4.28. The number of aryl methyl sites for hydroxylation is 1. The Bertz CT molecular complexity index is 506. The van der Waals surface area contributed by atoms with Crippen LogP contribution in [-0.2, 0) is 13.0 Å². The molecule has 18 heavy (non-hydrogen) atoms. The molecule has 0 fully saturated rings. The second-order valence-corrected chi connectivity index (χ2v) is 4.28. The van der Waals surface area contributed by atoms with Crippen molar-refractivity contribution in [3.05, 3.63) is 59.7 Å². The Labute approximate surface area is 108 Å². The maximum absolute atomic E-state index is 9.68. The van der Waals surface area contributed by atoms with Crippen molar-refractivity contribution in [3.8, 4) is 11.5 Å². The molecule has 2 aromatic rings. The molecule has 0 saturated carbocycles. The summed E-state index contributed by atoms with van der Waals surface area (Å²) < 4.78 is 5.80.